The molecule has 0 aliphatic heterocycles. The highest BCUT2D eigenvalue weighted by Crippen LogP contribution is 2.38. The third kappa shape index (κ3) is 5.51. The van der Waals surface area contributed by atoms with E-state index < -0.39 is 0 Å². The molecule has 0 spiro atoms. The van der Waals surface area contributed by atoms with Gasteiger partial charge < -0.3 is 10.1 Å². The number of anilines is 1. The van der Waals surface area contributed by atoms with Gasteiger partial charge in [-0.3, -0.25) is 4.40 Å². The van der Waals surface area contributed by atoms with Crippen LogP contribution in [0, 0.1) is 5.41 Å². The summed E-state index contributed by atoms with van der Waals surface area (Å²) in [5.41, 5.74) is 3.60. The first-order valence-electron chi connectivity index (χ1n) is 11.3. The molecule has 0 saturated carbocycles. The molecule has 0 bridgehead atoms. The summed E-state index contributed by atoms with van der Waals surface area (Å²) in [6.07, 6.45) is 3.01. The average Bonchev–Trinajstić information content (AvgIpc) is 3.09. The average molecular weight is 462 g/mol. The maximum Gasteiger partial charge on any atom is 0.181 e. The summed E-state index contributed by atoms with van der Waals surface area (Å²) in [5.74, 6) is 1.65. The van der Waals surface area contributed by atoms with Gasteiger partial charge in [-0.1, -0.05) is 80.9 Å². The third-order valence-corrected chi connectivity index (χ3v) is 5.74. The van der Waals surface area contributed by atoms with Crippen molar-refractivity contribution in [2.45, 2.75) is 53.2 Å². The molecule has 0 fully saturated rings. The van der Waals surface area contributed by atoms with Crippen LogP contribution in [0.25, 0.3) is 16.9 Å². The van der Waals surface area contributed by atoms with Crippen molar-refractivity contribution in [2.24, 2.45) is 5.41 Å². The highest BCUT2D eigenvalue weighted by Gasteiger charge is 2.29. The Kier molecular flexibility index (Phi) is 6.40. The summed E-state index contributed by atoms with van der Waals surface area (Å²) in [6, 6.07) is 22.0. The van der Waals surface area contributed by atoms with Gasteiger partial charge in [0.2, 0.25) is 0 Å². The Morgan fingerprint density at radius 3 is 2.30 bits per heavy atom. The van der Waals surface area contributed by atoms with Gasteiger partial charge in [0, 0.05) is 17.3 Å². The number of aromatic nitrogens is 2. The fourth-order valence-corrected chi connectivity index (χ4v) is 4.77. The Morgan fingerprint density at radius 1 is 0.909 bits per heavy atom. The lowest BCUT2D eigenvalue weighted by Gasteiger charge is -2.34. The van der Waals surface area contributed by atoms with Crippen molar-refractivity contribution in [1.29, 1.82) is 0 Å². The minimum Gasteiger partial charge on any atom is -0.485 e. The van der Waals surface area contributed by atoms with Crippen LogP contribution in [-0.2, 0) is 6.61 Å². The van der Waals surface area contributed by atoms with E-state index in [1.54, 1.807) is 0 Å². The quantitative estimate of drug-likeness (QED) is 0.304. The molecule has 2 aromatic heterocycles. The number of benzene rings is 2. The number of nitrogens with one attached hydrogen (secondary N) is 1. The molecule has 172 valence electrons. The third-order valence-electron chi connectivity index (χ3n) is 5.41. The van der Waals surface area contributed by atoms with Gasteiger partial charge in [-0.05, 0) is 49.4 Å². The van der Waals surface area contributed by atoms with Crippen LogP contribution in [0.3, 0.4) is 0 Å². The number of nitrogens with zero attached hydrogens (tertiary/aromatic N) is 2. The zero-order chi connectivity index (χ0) is 23.6. The van der Waals surface area contributed by atoms with Crippen molar-refractivity contribution in [1.82, 2.24) is 9.38 Å². The molecule has 2 aromatic carbocycles. The van der Waals surface area contributed by atoms with E-state index in [1.165, 1.54) is 0 Å². The topological polar surface area (TPSA) is 38.6 Å². The fraction of sp³-hybridized carbons (Fsp3) is 0.321. The Labute approximate surface area is 201 Å². The molecule has 5 heteroatoms. The molecule has 0 aliphatic rings. The smallest absolute Gasteiger partial charge is 0.181 e. The van der Waals surface area contributed by atoms with E-state index in [1.807, 2.05) is 60.8 Å². The second-order valence-electron chi connectivity index (χ2n) is 10.4. The zero-order valence-corrected chi connectivity index (χ0v) is 20.8. The standard InChI is InChI=1S/C28H32ClN3O/c1-27(2,3)19-28(4,5)31-26-24(21-14-9-10-15-22(21)29)30-25-23(16-11-17-32(25)26)33-18-20-12-7-6-8-13-20/h6-17,31H,18-19H2,1-5H3. The van der Waals surface area contributed by atoms with E-state index >= 15 is 0 Å². The van der Waals surface area contributed by atoms with Gasteiger partial charge in [0.25, 0.3) is 0 Å². The Balaban J connectivity index is 1.80. The molecule has 0 atom stereocenters. The van der Waals surface area contributed by atoms with Gasteiger partial charge in [0.1, 0.15) is 18.1 Å². The van der Waals surface area contributed by atoms with Crippen LogP contribution in [-0.4, -0.2) is 14.9 Å². The maximum absolute atomic E-state index is 6.61. The number of ether oxygens (including phenoxy) is 1. The predicted molar refractivity (Wildman–Crippen MR) is 138 cm³/mol. The minimum atomic E-state index is -0.162. The lowest BCUT2D eigenvalue weighted by atomic mass is 9.82. The first kappa shape index (κ1) is 23.2. The summed E-state index contributed by atoms with van der Waals surface area (Å²) < 4.78 is 8.28. The number of pyridine rings is 1. The van der Waals surface area contributed by atoms with Gasteiger partial charge in [-0.2, -0.15) is 0 Å². The number of rotatable bonds is 7. The molecule has 33 heavy (non-hydrogen) atoms. The first-order chi connectivity index (χ1) is 15.6. The van der Waals surface area contributed by atoms with Gasteiger partial charge in [0.15, 0.2) is 11.4 Å². The number of hydrogen-bond acceptors (Lipinski definition) is 3. The SMILES string of the molecule is CC(C)(C)CC(C)(C)Nc1c(-c2ccccc2Cl)nc2c(OCc3ccccc3)cccn12. The molecule has 0 saturated heterocycles. The van der Waals surface area contributed by atoms with Gasteiger partial charge in [0.05, 0.1) is 5.02 Å². The van der Waals surface area contributed by atoms with Crippen molar-refractivity contribution >= 4 is 23.1 Å². The largest absolute Gasteiger partial charge is 0.485 e. The van der Waals surface area contributed by atoms with E-state index in [9.17, 15) is 0 Å². The number of fused-ring (bicyclic) bond motifs is 1. The van der Waals surface area contributed by atoms with Crippen LogP contribution in [0.4, 0.5) is 5.82 Å². The maximum atomic E-state index is 6.61. The molecular formula is C28H32ClN3O. The Hall–Kier alpha value is -2.98. The minimum absolute atomic E-state index is 0.162. The van der Waals surface area contributed by atoms with Crippen molar-refractivity contribution in [3.05, 3.63) is 83.5 Å². The Bertz CT molecular complexity index is 1240. The summed E-state index contributed by atoms with van der Waals surface area (Å²) in [5, 5.41) is 4.45. The molecule has 4 rings (SSSR count). The van der Waals surface area contributed by atoms with Crippen molar-refractivity contribution < 1.29 is 4.74 Å². The van der Waals surface area contributed by atoms with E-state index in [0.29, 0.717) is 11.6 Å². The number of hydrogen-bond donors (Lipinski definition) is 1. The normalized spacial score (nSPS) is 12.2. The molecule has 0 amide bonds. The molecule has 2 heterocycles. The lowest BCUT2D eigenvalue weighted by Crippen LogP contribution is -2.36. The summed E-state index contributed by atoms with van der Waals surface area (Å²) in [7, 11) is 0. The molecule has 4 nitrogen and oxygen atoms in total. The Morgan fingerprint density at radius 2 is 1.61 bits per heavy atom. The summed E-state index contributed by atoms with van der Waals surface area (Å²) >= 11 is 6.61. The molecule has 0 radical (unpaired) electrons. The van der Waals surface area contributed by atoms with Crippen LogP contribution in [0.2, 0.25) is 5.02 Å². The van der Waals surface area contributed by atoms with Crippen molar-refractivity contribution in [2.75, 3.05) is 5.32 Å². The van der Waals surface area contributed by atoms with Crippen LogP contribution in [0.1, 0.15) is 46.6 Å². The molecular weight excluding hydrogens is 430 g/mol. The lowest BCUT2D eigenvalue weighted by molar-refractivity contribution is 0.301. The van der Waals surface area contributed by atoms with Crippen LogP contribution in [0.5, 0.6) is 5.75 Å². The number of imidazole rings is 1. The predicted octanol–water partition coefficient (Wildman–Crippen LogP) is 7.86. The van der Waals surface area contributed by atoms with Crippen molar-refractivity contribution in [3.8, 4) is 17.0 Å². The molecule has 0 aliphatic carbocycles. The van der Waals surface area contributed by atoms with Crippen LogP contribution >= 0.6 is 11.6 Å². The van der Waals surface area contributed by atoms with Gasteiger partial charge >= 0.3 is 0 Å². The fourth-order valence-electron chi connectivity index (χ4n) is 4.54. The van der Waals surface area contributed by atoms with Gasteiger partial charge in [-0.25, -0.2) is 4.98 Å². The van der Waals surface area contributed by atoms with Crippen LogP contribution in [0.15, 0.2) is 72.9 Å². The number of halogens is 1. The van der Waals surface area contributed by atoms with Crippen molar-refractivity contribution in [3.63, 3.8) is 0 Å². The van der Waals surface area contributed by atoms with E-state index in [2.05, 4.69) is 56.5 Å². The highest BCUT2D eigenvalue weighted by molar-refractivity contribution is 6.33. The summed E-state index contributed by atoms with van der Waals surface area (Å²) in [6.45, 7) is 11.7. The molecule has 4 aromatic rings. The monoisotopic (exact) mass is 461 g/mol. The zero-order valence-electron chi connectivity index (χ0n) is 20.0. The molecule has 0 unspecified atom stereocenters. The molecule has 1 N–H and O–H groups in total. The highest BCUT2D eigenvalue weighted by atomic mass is 35.5. The first-order valence-corrected chi connectivity index (χ1v) is 11.7. The second kappa shape index (κ2) is 9.11. The van der Waals surface area contributed by atoms with Crippen LogP contribution < -0.4 is 10.1 Å². The van der Waals surface area contributed by atoms with E-state index in [4.69, 9.17) is 21.3 Å². The summed E-state index contributed by atoms with van der Waals surface area (Å²) in [4.78, 5) is 5.03. The second-order valence-corrected chi connectivity index (χ2v) is 10.8. The van der Waals surface area contributed by atoms with E-state index in [-0.39, 0.29) is 11.0 Å². The van der Waals surface area contributed by atoms with E-state index in [0.717, 1.165) is 40.5 Å². The van der Waals surface area contributed by atoms with Gasteiger partial charge in [-0.15, -0.1) is 0 Å².